The van der Waals surface area contributed by atoms with Gasteiger partial charge in [0, 0.05) is 49.3 Å². The number of thiophene rings is 1. The summed E-state index contributed by atoms with van der Waals surface area (Å²) < 4.78 is 26.4. The zero-order chi connectivity index (χ0) is 19.2. The van der Waals surface area contributed by atoms with E-state index in [0.29, 0.717) is 6.54 Å². The van der Waals surface area contributed by atoms with E-state index in [1.807, 2.05) is 11.4 Å². The summed E-state index contributed by atoms with van der Waals surface area (Å²) in [4.78, 5) is 25.2. The lowest BCUT2D eigenvalue weighted by molar-refractivity contribution is -0.121. The largest absolute Gasteiger partial charge is 0.354 e. The number of thioether (sulfide) groups is 1. The van der Waals surface area contributed by atoms with Gasteiger partial charge in [-0.3, -0.25) is 9.59 Å². The number of carbonyl (C=O) groups is 1. The first-order chi connectivity index (χ1) is 12.3. The van der Waals surface area contributed by atoms with Gasteiger partial charge in [-0.2, -0.15) is 11.8 Å². The Balaban J connectivity index is 1.87. The molecule has 0 aromatic carbocycles. The standard InChI is InChI=1S/C16H21N3O4S3/c1-18(2)26(22,23)14-5-6-16(21)19(10-14)11-15(20)17-7-9-24-12-13-4-3-8-25-13/h3-6,8,10H,7,9,11-12H2,1-2H3,(H,17,20). The highest BCUT2D eigenvalue weighted by Gasteiger charge is 2.18. The van der Waals surface area contributed by atoms with E-state index in [0.717, 1.165) is 26.4 Å². The van der Waals surface area contributed by atoms with Crippen LogP contribution in [0.15, 0.2) is 45.5 Å². The lowest BCUT2D eigenvalue weighted by Crippen LogP contribution is -2.34. The number of pyridine rings is 1. The molecule has 1 N–H and O–H groups in total. The van der Waals surface area contributed by atoms with Crippen molar-refractivity contribution in [2.75, 3.05) is 26.4 Å². The fraction of sp³-hybridized carbons (Fsp3) is 0.375. The van der Waals surface area contributed by atoms with Gasteiger partial charge in [0.2, 0.25) is 15.9 Å². The van der Waals surface area contributed by atoms with Crippen LogP contribution in [0, 0.1) is 0 Å². The average molecular weight is 416 g/mol. The van der Waals surface area contributed by atoms with Crippen LogP contribution in [0.4, 0.5) is 0 Å². The predicted molar refractivity (Wildman–Crippen MR) is 105 cm³/mol. The van der Waals surface area contributed by atoms with Crippen LogP contribution in [0.5, 0.6) is 0 Å². The van der Waals surface area contributed by atoms with E-state index in [9.17, 15) is 18.0 Å². The molecule has 0 aliphatic heterocycles. The van der Waals surface area contributed by atoms with Gasteiger partial charge in [-0.25, -0.2) is 12.7 Å². The van der Waals surface area contributed by atoms with Gasteiger partial charge in [0.15, 0.2) is 0 Å². The van der Waals surface area contributed by atoms with Crippen LogP contribution in [0.1, 0.15) is 4.88 Å². The maximum absolute atomic E-state index is 12.1. The van der Waals surface area contributed by atoms with Gasteiger partial charge in [-0.1, -0.05) is 6.07 Å². The molecule has 142 valence electrons. The molecule has 0 unspecified atom stereocenters. The van der Waals surface area contributed by atoms with Crippen molar-refractivity contribution >= 4 is 39.0 Å². The molecule has 26 heavy (non-hydrogen) atoms. The average Bonchev–Trinajstić information content (AvgIpc) is 3.09. The van der Waals surface area contributed by atoms with E-state index in [1.54, 1.807) is 23.1 Å². The summed E-state index contributed by atoms with van der Waals surface area (Å²) in [5.41, 5.74) is -0.426. The molecule has 2 heterocycles. The first-order valence-corrected chi connectivity index (χ1v) is 11.3. The number of rotatable bonds is 9. The van der Waals surface area contributed by atoms with E-state index in [-0.39, 0.29) is 17.3 Å². The first-order valence-electron chi connectivity index (χ1n) is 7.80. The first kappa shape index (κ1) is 20.7. The number of hydrogen-bond acceptors (Lipinski definition) is 6. The zero-order valence-corrected chi connectivity index (χ0v) is 17.0. The molecule has 7 nitrogen and oxygen atoms in total. The highest BCUT2D eigenvalue weighted by Crippen LogP contribution is 2.16. The summed E-state index contributed by atoms with van der Waals surface area (Å²) in [6, 6.07) is 6.47. The monoisotopic (exact) mass is 415 g/mol. The van der Waals surface area contributed by atoms with Crippen LogP contribution in [0.2, 0.25) is 0 Å². The molecule has 1 amide bonds. The van der Waals surface area contributed by atoms with Crippen molar-refractivity contribution in [2.45, 2.75) is 17.2 Å². The van der Waals surface area contributed by atoms with Crippen LogP contribution < -0.4 is 10.9 Å². The number of aromatic nitrogens is 1. The molecule has 0 radical (unpaired) electrons. The second kappa shape index (κ2) is 9.36. The second-order valence-corrected chi connectivity index (χ2v) is 9.89. The van der Waals surface area contributed by atoms with Crippen LogP contribution in [-0.4, -0.2) is 49.6 Å². The molecule has 0 aliphatic rings. The Kier molecular flexibility index (Phi) is 7.44. The minimum atomic E-state index is -3.66. The van der Waals surface area contributed by atoms with Gasteiger partial charge in [-0.05, 0) is 17.5 Å². The quantitative estimate of drug-likeness (QED) is 0.622. The summed E-state index contributed by atoms with van der Waals surface area (Å²) in [5, 5.41) is 4.77. The van der Waals surface area contributed by atoms with E-state index in [2.05, 4.69) is 11.4 Å². The molecule has 0 spiro atoms. The van der Waals surface area contributed by atoms with Gasteiger partial charge >= 0.3 is 0 Å². The molecular weight excluding hydrogens is 394 g/mol. The summed E-state index contributed by atoms with van der Waals surface area (Å²) in [7, 11) is -0.842. The lowest BCUT2D eigenvalue weighted by atomic mass is 10.4. The molecule has 2 aromatic rings. The Labute approximate surface area is 161 Å². The van der Waals surface area contributed by atoms with Crippen molar-refractivity contribution in [1.29, 1.82) is 0 Å². The number of carbonyl (C=O) groups excluding carboxylic acids is 1. The molecule has 0 bridgehead atoms. The second-order valence-electron chi connectivity index (χ2n) is 5.60. The van der Waals surface area contributed by atoms with Crippen LogP contribution in [0.3, 0.4) is 0 Å². The van der Waals surface area contributed by atoms with E-state index >= 15 is 0 Å². The summed E-state index contributed by atoms with van der Waals surface area (Å²) in [6.07, 6.45) is 1.20. The maximum Gasteiger partial charge on any atom is 0.251 e. The van der Waals surface area contributed by atoms with Crippen LogP contribution >= 0.6 is 23.1 Å². The Morgan fingerprint density at radius 2 is 2.08 bits per heavy atom. The fourth-order valence-corrected chi connectivity index (χ4v) is 4.66. The van der Waals surface area contributed by atoms with Gasteiger partial charge in [0.05, 0.1) is 4.90 Å². The zero-order valence-electron chi connectivity index (χ0n) is 14.5. The SMILES string of the molecule is CN(C)S(=O)(=O)c1ccc(=O)n(CC(=O)NCCSCc2cccs2)c1. The van der Waals surface area contributed by atoms with Crippen molar-refractivity contribution in [2.24, 2.45) is 0 Å². The normalized spacial score (nSPS) is 11.7. The van der Waals surface area contributed by atoms with E-state index < -0.39 is 15.6 Å². The molecule has 2 aromatic heterocycles. The van der Waals surface area contributed by atoms with Gasteiger partial charge in [-0.15, -0.1) is 11.3 Å². The van der Waals surface area contributed by atoms with Crippen molar-refractivity contribution < 1.29 is 13.2 Å². The third kappa shape index (κ3) is 5.70. The Bertz CT molecular complexity index is 890. The lowest BCUT2D eigenvalue weighted by Gasteiger charge is -2.13. The van der Waals surface area contributed by atoms with Crippen molar-refractivity contribution in [3.05, 3.63) is 51.1 Å². The Morgan fingerprint density at radius 3 is 2.73 bits per heavy atom. The molecular formula is C16H21N3O4S3. The topological polar surface area (TPSA) is 88.5 Å². The third-order valence-electron chi connectivity index (χ3n) is 3.44. The number of hydrogen-bond donors (Lipinski definition) is 1. The highest BCUT2D eigenvalue weighted by atomic mass is 32.2. The van der Waals surface area contributed by atoms with Crippen molar-refractivity contribution in [3.63, 3.8) is 0 Å². The predicted octanol–water partition coefficient (Wildman–Crippen LogP) is 1.21. The van der Waals surface area contributed by atoms with Crippen molar-refractivity contribution in [3.8, 4) is 0 Å². The van der Waals surface area contributed by atoms with Crippen LogP contribution in [-0.2, 0) is 27.1 Å². The molecule has 0 saturated carbocycles. The number of nitrogens with zero attached hydrogens (tertiary/aromatic N) is 2. The maximum atomic E-state index is 12.1. The molecule has 0 aliphatic carbocycles. The number of nitrogens with one attached hydrogen (secondary N) is 1. The summed E-state index contributed by atoms with van der Waals surface area (Å²) >= 11 is 3.41. The molecule has 0 fully saturated rings. The summed E-state index contributed by atoms with van der Waals surface area (Å²) in [5.74, 6) is 1.33. The smallest absolute Gasteiger partial charge is 0.251 e. The third-order valence-corrected chi connectivity index (χ3v) is 7.31. The van der Waals surface area contributed by atoms with Gasteiger partial charge in [0.25, 0.3) is 5.56 Å². The molecule has 0 atom stereocenters. The minimum absolute atomic E-state index is 0.0265. The molecule has 0 saturated heterocycles. The van der Waals surface area contributed by atoms with E-state index in [1.165, 1.54) is 31.2 Å². The van der Waals surface area contributed by atoms with Gasteiger partial charge < -0.3 is 9.88 Å². The number of sulfonamides is 1. The fourth-order valence-electron chi connectivity index (χ4n) is 2.04. The Morgan fingerprint density at radius 1 is 1.31 bits per heavy atom. The highest BCUT2D eigenvalue weighted by molar-refractivity contribution is 7.98. The Hall–Kier alpha value is -1.62. The minimum Gasteiger partial charge on any atom is -0.354 e. The number of amides is 1. The van der Waals surface area contributed by atoms with Gasteiger partial charge in [0.1, 0.15) is 6.54 Å². The molecule has 10 heteroatoms. The summed E-state index contributed by atoms with van der Waals surface area (Å²) in [6.45, 7) is 0.268. The molecule has 2 rings (SSSR count). The van der Waals surface area contributed by atoms with Crippen molar-refractivity contribution in [1.82, 2.24) is 14.2 Å². The van der Waals surface area contributed by atoms with E-state index in [4.69, 9.17) is 0 Å². The van der Waals surface area contributed by atoms with Crippen LogP contribution in [0.25, 0.3) is 0 Å².